The van der Waals surface area contributed by atoms with Gasteiger partial charge in [-0.15, -0.1) is 0 Å². The van der Waals surface area contributed by atoms with E-state index in [-0.39, 0.29) is 17.4 Å². The maximum Gasteiger partial charge on any atom is 0.119 e. The molecule has 14 heavy (non-hydrogen) atoms. The van der Waals surface area contributed by atoms with Crippen LogP contribution in [-0.4, -0.2) is 42.3 Å². The van der Waals surface area contributed by atoms with E-state index in [1.54, 1.807) is 0 Å². The van der Waals surface area contributed by atoms with Crippen molar-refractivity contribution < 1.29 is 4.79 Å². The van der Waals surface area contributed by atoms with Crippen molar-refractivity contribution in [2.24, 2.45) is 5.92 Å². The topological polar surface area (TPSA) is 29.1 Å². The van der Waals surface area contributed by atoms with Crippen LogP contribution in [-0.2, 0) is 4.79 Å². The van der Waals surface area contributed by atoms with Gasteiger partial charge in [0.2, 0.25) is 0 Å². The van der Waals surface area contributed by atoms with Crippen molar-refractivity contribution >= 4 is 28.8 Å². The van der Waals surface area contributed by atoms with Crippen molar-refractivity contribution in [1.82, 2.24) is 5.32 Å². The Morgan fingerprint density at radius 2 is 2.43 bits per heavy atom. The molecule has 4 unspecified atom stereocenters. The van der Waals surface area contributed by atoms with Crippen LogP contribution in [0, 0.1) is 5.92 Å². The third kappa shape index (κ3) is 1.46. The van der Waals surface area contributed by atoms with Gasteiger partial charge >= 0.3 is 0 Å². The molecule has 1 saturated heterocycles. The van der Waals surface area contributed by atoms with Crippen molar-refractivity contribution in [2.45, 2.75) is 29.7 Å². The predicted octanol–water partition coefficient (Wildman–Crippen LogP) is -0.0671. The second-order valence-electron chi connectivity index (χ2n) is 4.48. The minimum atomic E-state index is -0.671. The lowest BCUT2D eigenvalue weighted by atomic mass is 9.57. The summed E-state index contributed by atoms with van der Waals surface area (Å²) < 4.78 is 0. The molecule has 5 heteroatoms. The molecule has 1 N–H and O–H groups in total. The zero-order chi connectivity index (χ0) is 10.3. The first-order valence-electron chi connectivity index (χ1n) is 5.19. The van der Waals surface area contributed by atoms with Crippen molar-refractivity contribution in [3.05, 3.63) is 0 Å². The number of fused-ring (bicyclic) bond motifs is 1. The Balaban J connectivity index is 2.00. The number of carbonyl (C=O) groups is 1. The number of rotatable bonds is 3. The standard InChI is InChI=1S/C9H13B3NO/c1-13-3-2-5-4-6(10)8(14)9(11)7(5)12-9/h5-7,13H,2-4H2,1H3. The molecular weight excluding hydrogens is 171 g/mol. The molecule has 1 aliphatic carbocycles. The number of carbonyl (C=O) groups excluding carboxylic acids is 1. The normalized spacial score (nSPS) is 45.5. The van der Waals surface area contributed by atoms with Gasteiger partial charge in [-0.2, -0.15) is 0 Å². The van der Waals surface area contributed by atoms with Crippen LogP contribution in [0.25, 0.3) is 0 Å². The van der Waals surface area contributed by atoms with Crippen LogP contribution in [0.15, 0.2) is 0 Å². The molecular formula is C9H13B3NO. The van der Waals surface area contributed by atoms with Gasteiger partial charge in [-0.25, -0.2) is 0 Å². The number of hydrogen-bond acceptors (Lipinski definition) is 2. The fourth-order valence-electron chi connectivity index (χ4n) is 2.55. The Bertz CT molecular complexity index is 260. The molecule has 2 aliphatic rings. The second-order valence-corrected chi connectivity index (χ2v) is 4.48. The van der Waals surface area contributed by atoms with Crippen LogP contribution >= 0.6 is 0 Å². The molecule has 0 bridgehead atoms. The number of nitrogens with one attached hydrogen (secondary N) is 1. The van der Waals surface area contributed by atoms with Gasteiger partial charge in [-0.3, -0.25) is 0 Å². The van der Waals surface area contributed by atoms with E-state index in [0.29, 0.717) is 5.92 Å². The quantitative estimate of drug-likeness (QED) is 0.621. The summed E-state index contributed by atoms with van der Waals surface area (Å²) in [5, 5.41) is 2.44. The summed E-state index contributed by atoms with van der Waals surface area (Å²) >= 11 is 0. The lowest BCUT2D eigenvalue weighted by molar-refractivity contribution is -0.120. The van der Waals surface area contributed by atoms with Crippen LogP contribution in [0.3, 0.4) is 0 Å². The molecule has 0 aromatic heterocycles. The van der Waals surface area contributed by atoms with Gasteiger partial charge in [0.15, 0.2) is 0 Å². The lowest BCUT2D eigenvalue weighted by Gasteiger charge is -2.31. The molecule has 2 nitrogen and oxygen atoms in total. The van der Waals surface area contributed by atoms with Crippen LogP contribution < -0.4 is 5.32 Å². The molecule has 4 atom stereocenters. The minimum absolute atomic E-state index is 0.0307. The van der Waals surface area contributed by atoms with Crippen LogP contribution in [0.2, 0.25) is 16.8 Å². The molecule has 1 saturated carbocycles. The zero-order valence-electron chi connectivity index (χ0n) is 8.49. The SMILES string of the molecule is [B]C1CC(CCNC)C2[B]C2([B])C1=O. The average Bonchev–Trinajstić information content (AvgIpc) is 2.84. The predicted molar refractivity (Wildman–Crippen MR) is 59.1 cm³/mol. The molecule has 2 rings (SSSR count). The van der Waals surface area contributed by atoms with Gasteiger partial charge in [0, 0.05) is 0 Å². The van der Waals surface area contributed by atoms with E-state index < -0.39 is 5.21 Å². The van der Waals surface area contributed by atoms with Gasteiger partial charge in [0.05, 0.1) is 15.7 Å². The van der Waals surface area contributed by atoms with E-state index in [9.17, 15) is 4.79 Å². The Kier molecular flexibility index (Phi) is 2.54. The van der Waals surface area contributed by atoms with Crippen LogP contribution in [0.1, 0.15) is 12.8 Å². The van der Waals surface area contributed by atoms with E-state index in [2.05, 4.69) is 5.32 Å². The van der Waals surface area contributed by atoms with Crippen LogP contribution in [0.4, 0.5) is 0 Å². The molecule has 5 radical (unpaired) electrons. The molecule has 0 aromatic rings. The van der Waals surface area contributed by atoms with Crippen molar-refractivity contribution in [2.75, 3.05) is 13.6 Å². The second kappa shape index (κ2) is 3.44. The Labute approximate surface area is 88.6 Å². The fraction of sp³-hybridized carbons (Fsp3) is 0.889. The molecule has 0 spiro atoms. The monoisotopic (exact) mass is 184 g/mol. The molecule has 1 aliphatic heterocycles. The summed E-state index contributed by atoms with van der Waals surface area (Å²) in [6.07, 6.45) is 1.85. The van der Waals surface area contributed by atoms with E-state index in [1.165, 1.54) is 0 Å². The van der Waals surface area contributed by atoms with E-state index in [0.717, 1.165) is 19.4 Å². The highest BCUT2D eigenvalue weighted by atomic mass is 16.1. The molecule has 69 valence electrons. The fourth-order valence-corrected chi connectivity index (χ4v) is 2.55. The number of Topliss-reactive ketones (excluding diaryl/α,β-unsaturated/α-hetero) is 1. The van der Waals surface area contributed by atoms with E-state index >= 15 is 0 Å². The first-order valence-corrected chi connectivity index (χ1v) is 5.19. The summed E-state index contributed by atoms with van der Waals surface area (Å²) in [6.45, 7) is 0.964. The first-order chi connectivity index (χ1) is 6.59. The smallest absolute Gasteiger partial charge is 0.119 e. The first kappa shape index (κ1) is 10.3. The van der Waals surface area contributed by atoms with Gasteiger partial charge in [0.25, 0.3) is 0 Å². The maximum atomic E-state index is 11.6. The summed E-state index contributed by atoms with van der Waals surface area (Å²) in [6, 6.07) is 0. The van der Waals surface area contributed by atoms with Gasteiger partial charge in [-0.05, 0) is 43.4 Å². The molecule has 1 heterocycles. The average molecular weight is 184 g/mol. The Morgan fingerprint density at radius 1 is 1.71 bits per heavy atom. The van der Waals surface area contributed by atoms with Crippen molar-refractivity contribution in [3.63, 3.8) is 0 Å². The Hall–Kier alpha value is -0.175. The number of hydrogen-bond donors (Lipinski definition) is 1. The Morgan fingerprint density at radius 3 is 3.07 bits per heavy atom. The summed E-state index contributed by atoms with van der Waals surface area (Å²) in [4.78, 5) is 11.6. The summed E-state index contributed by atoms with van der Waals surface area (Å²) in [5.74, 6) is 0.448. The largest absolute Gasteiger partial charge is 0.320 e. The minimum Gasteiger partial charge on any atom is -0.320 e. The zero-order valence-corrected chi connectivity index (χ0v) is 8.49. The van der Waals surface area contributed by atoms with Crippen LogP contribution in [0.5, 0.6) is 0 Å². The highest BCUT2D eigenvalue weighted by molar-refractivity contribution is 6.78. The highest BCUT2D eigenvalue weighted by Crippen LogP contribution is 2.65. The van der Waals surface area contributed by atoms with E-state index in [4.69, 9.17) is 15.7 Å². The molecule has 0 aromatic carbocycles. The molecule has 2 fully saturated rings. The van der Waals surface area contributed by atoms with Gasteiger partial charge < -0.3 is 10.1 Å². The van der Waals surface area contributed by atoms with Gasteiger partial charge in [-0.1, -0.05) is 5.82 Å². The van der Waals surface area contributed by atoms with Crippen molar-refractivity contribution in [1.29, 1.82) is 0 Å². The van der Waals surface area contributed by atoms with Crippen molar-refractivity contribution in [3.8, 4) is 0 Å². The maximum absolute atomic E-state index is 11.6. The van der Waals surface area contributed by atoms with Gasteiger partial charge in [0.1, 0.15) is 13.1 Å². The summed E-state index contributed by atoms with van der Waals surface area (Å²) in [5.41, 5.74) is 0. The highest BCUT2D eigenvalue weighted by Gasteiger charge is 2.61. The number of ketones is 1. The lowest BCUT2D eigenvalue weighted by Crippen LogP contribution is -2.28. The van der Waals surface area contributed by atoms with E-state index in [1.807, 2.05) is 14.3 Å². The third-order valence-electron chi connectivity index (χ3n) is 3.49. The molecule has 0 amide bonds. The third-order valence-corrected chi connectivity index (χ3v) is 3.49. The summed E-state index contributed by atoms with van der Waals surface area (Å²) in [7, 11) is 15.6.